The van der Waals surface area contributed by atoms with Gasteiger partial charge in [0, 0.05) is 5.39 Å². The molecular formula is C11H9BrN2O5. The van der Waals surface area contributed by atoms with Crippen molar-refractivity contribution >= 4 is 39.0 Å². The van der Waals surface area contributed by atoms with Crippen LogP contribution in [-0.4, -0.2) is 38.4 Å². The number of carboxylic acids is 1. The van der Waals surface area contributed by atoms with Crippen LogP contribution in [0.3, 0.4) is 0 Å². The van der Waals surface area contributed by atoms with Crippen LogP contribution in [-0.2, 0) is 0 Å². The molecule has 0 saturated heterocycles. The van der Waals surface area contributed by atoms with Gasteiger partial charge in [0.25, 0.3) is 0 Å². The highest BCUT2D eigenvalue weighted by atomic mass is 79.9. The lowest BCUT2D eigenvalue weighted by atomic mass is 10.3. The number of rotatable bonds is 3. The summed E-state index contributed by atoms with van der Waals surface area (Å²) in [5, 5.41) is 18.5. The van der Waals surface area contributed by atoms with Crippen molar-refractivity contribution in [1.29, 1.82) is 0 Å². The molecule has 0 radical (unpaired) electrons. The Kier molecular flexibility index (Phi) is 3.43. The van der Waals surface area contributed by atoms with Crippen LogP contribution in [0.5, 0.6) is 5.75 Å². The number of carboxylic acid groups (broad SMARTS) is 2. The normalized spacial score (nSPS) is 10.6. The molecule has 0 atom stereocenters. The third-order valence-corrected chi connectivity index (χ3v) is 2.98. The Labute approximate surface area is 115 Å². The molecule has 0 fully saturated rings. The molecule has 0 spiro atoms. The topological polar surface area (TPSA) is 102 Å². The van der Waals surface area contributed by atoms with E-state index in [1.54, 1.807) is 13.0 Å². The van der Waals surface area contributed by atoms with E-state index < -0.39 is 12.1 Å². The van der Waals surface area contributed by atoms with Crippen LogP contribution in [0.1, 0.15) is 17.4 Å². The maximum Gasteiger partial charge on any atom is 0.417 e. The lowest BCUT2D eigenvalue weighted by Gasteiger charge is -2.05. The molecule has 8 heteroatoms. The Balaban J connectivity index is 2.76. The molecule has 0 aliphatic heterocycles. The largest absolute Gasteiger partial charge is 0.491 e. The number of aromatic nitrogens is 2. The number of hydrogen-bond acceptors (Lipinski definition) is 4. The van der Waals surface area contributed by atoms with E-state index in [0.717, 1.165) is 0 Å². The fourth-order valence-electron chi connectivity index (χ4n) is 1.70. The van der Waals surface area contributed by atoms with E-state index in [0.29, 0.717) is 26.9 Å². The summed E-state index contributed by atoms with van der Waals surface area (Å²) in [5.74, 6) is -0.913. The molecule has 0 bridgehead atoms. The van der Waals surface area contributed by atoms with Crippen LogP contribution in [0.4, 0.5) is 4.79 Å². The minimum Gasteiger partial charge on any atom is -0.491 e. The van der Waals surface area contributed by atoms with Gasteiger partial charge in [-0.2, -0.15) is 0 Å². The fourth-order valence-corrected chi connectivity index (χ4v) is 2.09. The van der Waals surface area contributed by atoms with Gasteiger partial charge in [-0.05, 0) is 35.0 Å². The van der Waals surface area contributed by atoms with E-state index in [2.05, 4.69) is 20.9 Å². The van der Waals surface area contributed by atoms with Crippen molar-refractivity contribution in [3.63, 3.8) is 0 Å². The number of halogens is 1. The van der Waals surface area contributed by atoms with E-state index in [1.165, 1.54) is 6.07 Å². The van der Waals surface area contributed by atoms with Crippen molar-refractivity contribution in [1.82, 2.24) is 9.55 Å². The van der Waals surface area contributed by atoms with Gasteiger partial charge >= 0.3 is 12.1 Å². The summed E-state index contributed by atoms with van der Waals surface area (Å²) in [6.07, 6.45) is -1.41. The predicted octanol–water partition coefficient (Wildman–Crippen LogP) is 2.42. The summed E-state index contributed by atoms with van der Waals surface area (Å²) in [4.78, 5) is 26.2. The molecule has 0 saturated carbocycles. The van der Waals surface area contributed by atoms with Gasteiger partial charge in [0.15, 0.2) is 11.4 Å². The molecule has 0 aromatic carbocycles. The zero-order valence-corrected chi connectivity index (χ0v) is 11.3. The highest BCUT2D eigenvalue weighted by Gasteiger charge is 2.21. The third-order valence-electron chi connectivity index (χ3n) is 2.41. The lowest BCUT2D eigenvalue weighted by Crippen LogP contribution is -2.15. The van der Waals surface area contributed by atoms with Crippen molar-refractivity contribution in [3.8, 4) is 5.75 Å². The maximum atomic E-state index is 11.1. The minimum atomic E-state index is -1.41. The van der Waals surface area contributed by atoms with Gasteiger partial charge in [-0.15, -0.1) is 0 Å². The first-order valence-corrected chi connectivity index (χ1v) is 6.06. The first kappa shape index (κ1) is 13.3. The lowest BCUT2D eigenvalue weighted by molar-refractivity contribution is 0.0684. The van der Waals surface area contributed by atoms with E-state index in [9.17, 15) is 9.59 Å². The summed E-state index contributed by atoms with van der Waals surface area (Å²) < 4.78 is 6.24. The average Bonchev–Trinajstić information content (AvgIpc) is 2.68. The number of fused-ring (bicyclic) bond motifs is 1. The summed E-state index contributed by atoms with van der Waals surface area (Å²) in [6.45, 7) is 2.21. The summed E-state index contributed by atoms with van der Waals surface area (Å²) in [5.41, 5.74) is -0.323. The first-order valence-electron chi connectivity index (χ1n) is 5.27. The average molecular weight is 329 g/mol. The van der Waals surface area contributed by atoms with E-state index in [-0.39, 0.29) is 11.3 Å². The van der Waals surface area contributed by atoms with Crippen molar-refractivity contribution in [2.45, 2.75) is 6.92 Å². The molecule has 0 aliphatic carbocycles. The highest BCUT2D eigenvalue weighted by Crippen LogP contribution is 2.29. The molecule has 2 rings (SSSR count). The molecule has 2 aromatic heterocycles. The van der Waals surface area contributed by atoms with E-state index >= 15 is 0 Å². The van der Waals surface area contributed by atoms with Crippen molar-refractivity contribution in [2.75, 3.05) is 6.61 Å². The number of aromatic carboxylic acids is 1. The molecule has 7 nitrogen and oxygen atoms in total. The summed E-state index contributed by atoms with van der Waals surface area (Å²) >= 11 is 3.16. The van der Waals surface area contributed by atoms with E-state index in [4.69, 9.17) is 14.9 Å². The zero-order valence-electron chi connectivity index (χ0n) is 9.75. The molecule has 100 valence electrons. The number of hydrogen-bond donors (Lipinski definition) is 2. The number of ether oxygens (including phenoxy) is 1. The highest BCUT2D eigenvalue weighted by molar-refractivity contribution is 9.10. The zero-order chi connectivity index (χ0) is 14.2. The molecule has 19 heavy (non-hydrogen) atoms. The van der Waals surface area contributed by atoms with Gasteiger partial charge in [-0.25, -0.2) is 19.1 Å². The Hall–Kier alpha value is -2.09. The minimum absolute atomic E-state index is 0.0419. The Morgan fingerprint density at radius 3 is 2.63 bits per heavy atom. The quantitative estimate of drug-likeness (QED) is 0.839. The van der Waals surface area contributed by atoms with Crippen LogP contribution >= 0.6 is 15.9 Å². The molecule has 0 aliphatic rings. The van der Waals surface area contributed by atoms with Gasteiger partial charge in [0.2, 0.25) is 0 Å². The van der Waals surface area contributed by atoms with E-state index in [1.807, 2.05) is 0 Å². The van der Waals surface area contributed by atoms with Crippen LogP contribution in [0.25, 0.3) is 11.0 Å². The number of pyridine rings is 1. The smallest absolute Gasteiger partial charge is 0.417 e. The summed E-state index contributed by atoms with van der Waals surface area (Å²) in [6, 6.07) is 2.79. The van der Waals surface area contributed by atoms with Crippen molar-refractivity contribution in [3.05, 3.63) is 22.4 Å². The van der Waals surface area contributed by atoms with Crippen LogP contribution in [0.2, 0.25) is 0 Å². The SMILES string of the molecule is CCOc1cc2cc(C(=O)O)n(C(=O)O)c2nc1Br. The second-order valence-electron chi connectivity index (χ2n) is 3.58. The second-order valence-corrected chi connectivity index (χ2v) is 4.33. The van der Waals surface area contributed by atoms with Crippen molar-refractivity contribution < 1.29 is 24.5 Å². The predicted molar refractivity (Wildman–Crippen MR) is 69.0 cm³/mol. The number of carbonyl (C=O) groups is 2. The standard InChI is InChI=1S/C11H9BrN2O5/c1-2-19-7-4-5-3-6(10(15)16)14(11(17)18)9(5)13-8(7)12/h3-4H,2H2,1H3,(H,15,16)(H,17,18). The monoisotopic (exact) mass is 328 g/mol. The Morgan fingerprint density at radius 1 is 1.42 bits per heavy atom. The van der Waals surface area contributed by atoms with Gasteiger partial charge in [0.05, 0.1) is 6.61 Å². The molecule has 2 N–H and O–H groups in total. The van der Waals surface area contributed by atoms with Gasteiger partial charge < -0.3 is 14.9 Å². The maximum absolute atomic E-state index is 11.1. The molecule has 2 heterocycles. The summed E-state index contributed by atoms with van der Waals surface area (Å²) in [7, 11) is 0. The second kappa shape index (κ2) is 4.88. The first-order chi connectivity index (χ1) is 8.95. The molecule has 0 unspecified atom stereocenters. The van der Waals surface area contributed by atoms with Gasteiger partial charge in [-0.3, -0.25) is 0 Å². The van der Waals surface area contributed by atoms with Gasteiger partial charge in [-0.1, -0.05) is 0 Å². The molecule has 2 aromatic rings. The van der Waals surface area contributed by atoms with Crippen LogP contribution in [0, 0.1) is 0 Å². The Morgan fingerprint density at radius 2 is 2.11 bits per heavy atom. The Bertz CT molecular complexity index is 679. The van der Waals surface area contributed by atoms with Gasteiger partial charge in [0.1, 0.15) is 10.3 Å². The van der Waals surface area contributed by atoms with Crippen LogP contribution in [0.15, 0.2) is 16.7 Å². The van der Waals surface area contributed by atoms with Crippen LogP contribution < -0.4 is 4.74 Å². The van der Waals surface area contributed by atoms with Crippen molar-refractivity contribution in [2.24, 2.45) is 0 Å². The molecular weight excluding hydrogens is 320 g/mol. The third kappa shape index (κ3) is 2.26. The fraction of sp³-hybridized carbons (Fsp3) is 0.182. The number of nitrogens with zero attached hydrogens (tertiary/aromatic N) is 2. The molecule has 0 amide bonds.